The zero-order chi connectivity index (χ0) is 19.5. The average Bonchev–Trinajstić information content (AvgIpc) is 2.98. The maximum Gasteiger partial charge on any atom is 0.573 e. The minimum Gasteiger partial charge on any atom is -0.406 e. The van der Waals surface area contributed by atoms with Crippen molar-refractivity contribution >= 4 is 5.91 Å². The Morgan fingerprint density at radius 1 is 1.19 bits per heavy atom. The van der Waals surface area contributed by atoms with E-state index in [2.05, 4.69) is 16.6 Å². The average molecular weight is 386 g/mol. The Balaban J connectivity index is 1.62. The number of morpholine rings is 1. The molecule has 2 aliphatic heterocycles. The van der Waals surface area contributed by atoms with E-state index < -0.39 is 6.36 Å². The summed E-state index contributed by atoms with van der Waals surface area (Å²) in [5.41, 5.74) is 0.563. The van der Waals surface area contributed by atoms with Gasteiger partial charge >= 0.3 is 6.36 Å². The van der Waals surface area contributed by atoms with Gasteiger partial charge in [0.2, 0.25) is 5.91 Å². The molecule has 2 fully saturated rings. The van der Waals surface area contributed by atoms with Crippen LogP contribution in [0.2, 0.25) is 0 Å². The highest BCUT2D eigenvalue weighted by molar-refractivity contribution is 5.79. The fraction of sp³-hybridized carbons (Fsp3) is 0.632. The second-order valence-corrected chi connectivity index (χ2v) is 7.40. The summed E-state index contributed by atoms with van der Waals surface area (Å²) < 4.78 is 46.1. The summed E-state index contributed by atoms with van der Waals surface area (Å²) in [5.74, 6) is -0.128. The Hall–Kier alpha value is -1.80. The van der Waals surface area contributed by atoms with Gasteiger partial charge in [0.05, 0.1) is 19.8 Å². The third-order valence-electron chi connectivity index (χ3n) is 5.25. The lowest BCUT2D eigenvalue weighted by Crippen LogP contribution is -2.51. The highest BCUT2D eigenvalue weighted by Crippen LogP contribution is 2.33. The summed E-state index contributed by atoms with van der Waals surface area (Å²) in [6.07, 6.45) is -2.28. The van der Waals surface area contributed by atoms with Crippen molar-refractivity contribution < 1.29 is 27.4 Å². The maximum absolute atomic E-state index is 12.8. The topological polar surface area (TPSA) is 42.0 Å². The summed E-state index contributed by atoms with van der Waals surface area (Å²) >= 11 is 0. The van der Waals surface area contributed by atoms with Crippen LogP contribution in [0.1, 0.15) is 25.3 Å². The van der Waals surface area contributed by atoms with Gasteiger partial charge in [-0.05, 0) is 43.9 Å². The van der Waals surface area contributed by atoms with E-state index in [4.69, 9.17) is 4.74 Å². The van der Waals surface area contributed by atoms with Gasteiger partial charge in [-0.25, -0.2) is 0 Å². The molecule has 0 saturated carbocycles. The van der Waals surface area contributed by atoms with E-state index in [1.165, 1.54) is 12.1 Å². The van der Waals surface area contributed by atoms with Crippen LogP contribution in [0.3, 0.4) is 0 Å². The van der Waals surface area contributed by atoms with Crippen LogP contribution in [-0.4, -0.2) is 67.0 Å². The van der Waals surface area contributed by atoms with E-state index in [0.717, 1.165) is 38.0 Å². The number of hydrogen-bond acceptors (Lipinski definition) is 4. The zero-order valence-corrected chi connectivity index (χ0v) is 15.4. The number of benzene rings is 1. The van der Waals surface area contributed by atoms with Crippen molar-refractivity contribution in [1.29, 1.82) is 0 Å². The van der Waals surface area contributed by atoms with Gasteiger partial charge in [-0.1, -0.05) is 12.1 Å². The third kappa shape index (κ3) is 5.35. The molecule has 0 aliphatic carbocycles. The lowest BCUT2D eigenvalue weighted by atomic mass is 9.90. The number of rotatable bonds is 5. The van der Waals surface area contributed by atoms with Gasteiger partial charge in [0.15, 0.2) is 0 Å². The minimum absolute atomic E-state index is 0.105. The zero-order valence-electron chi connectivity index (χ0n) is 15.4. The van der Waals surface area contributed by atoms with Crippen LogP contribution in [0, 0.1) is 0 Å². The van der Waals surface area contributed by atoms with Gasteiger partial charge < -0.3 is 14.4 Å². The highest BCUT2D eigenvalue weighted by atomic mass is 19.4. The maximum atomic E-state index is 12.8. The number of nitrogens with zero attached hydrogens (tertiary/aromatic N) is 2. The molecule has 0 bridgehead atoms. The van der Waals surface area contributed by atoms with Crippen LogP contribution in [-0.2, 0) is 16.0 Å². The van der Waals surface area contributed by atoms with Crippen molar-refractivity contribution in [3.05, 3.63) is 29.8 Å². The summed E-state index contributed by atoms with van der Waals surface area (Å²) in [6.45, 7) is 5.98. The van der Waals surface area contributed by atoms with Crippen LogP contribution >= 0.6 is 0 Å². The third-order valence-corrected chi connectivity index (χ3v) is 5.25. The molecular formula is C19H25F3N2O3. The van der Waals surface area contributed by atoms with Crippen molar-refractivity contribution in [3.8, 4) is 5.75 Å². The summed E-state index contributed by atoms with van der Waals surface area (Å²) in [7, 11) is 0. The molecule has 0 radical (unpaired) electrons. The van der Waals surface area contributed by atoms with Crippen molar-refractivity contribution in [3.63, 3.8) is 0 Å². The molecule has 2 heterocycles. The molecule has 2 aliphatic rings. The van der Waals surface area contributed by atoms with Crippen molar-refractivity contribution in [2.45, 2.75) is 38.1 Å². The number of amides is 1. The first-order chi connectivity index (χ1) is 12.8. The van der Waals surface area contributed by atoms with Gasteiger partial charge in [0, 0.05) is 25.2 Å². The summed E-state index contributed by atoms with van der Waals surface area (Å²) in [5, 5.41) is 0. The first-order valence-corrected chi connectivity index (χ1v) is 9.20. The number of carbonyl (C=O) groups excluding carboxylic acids is 1. The van der Waals surface area contributed by atoms with Crippen molar-refractivity contribution in [2.75, 3.05) is 39.4 Å². The van der Waals surface area contributed by atoms with Crippen molar-refractivity contribution in [2.24, 2.45) is 0 Å². The standard InChI is InChI=1S/C19H25F3N2O3/c1-18(13-15-3-5-16(6-4-15)27-19(20,21)22)7-2-8-24(18)17(25)14-23-9-11-26-12-10-23/h3-6H,2,7-14H2,1H3. The summed E-state index contributed by atoms with van der Waals surface area (Å²) in [4.78, 5) is 16.9. The normalized spacial score (nSPS) is 24.2. The minimum atomic E-state index is -4.69. The van der Waals surface area contributed by atoms with E-state index in [-0.39, 0.29) is 17.2 Å². The SMILES string of the molecule is CC1(Cc2ccc(OC(F)(F)F)cc2)CCCN1C(=O)CN1CCOCC1. The van der Waals surface area contributed by atoms with Crippen LogP contribution < -0.4 is 4.74 Å². The van der Waals surface area contributed by atoms with E-state index in [1.807, 2.05) is 4.90 Å². The molecule has 27 heavy (non-hydrogen) atoms. The Labute approximate surface area is 157 Å². The van der Waals surface area contributed by atoms with Crippen LogP contribution in [0.25, 0.3) is 0 Å². The largest absolute Gasteiger partial charge is 0.573 e. The number of carbonyl (C=O) groups is 1. The molecule has 150 valence electrons. The Bertz CT molecular complexity index is 645. The molecule has 3 rings (SSSR count). The Kier molecular flexibility index (Phi) is 5.95. The van der Waals surface area contributed by atoms with E-state index in [0.29, 0.717) is 26.2 Å². The number of likely N-dealkylation sites (tertiary alicyclic amines) is 1. The molecule has 1 aromatic rings. The lowest BCUT2D eigenvalue weighted by molar-refractivity contribution is -0.274. The fourth-order valence-electron chi connectivity index (χ4n) is 3.92. The molecule has 0 spiro atoms. The van der Waals surface area contributed by atoms with E-state index >= 15 is 0 Å². The number of alkyl halides is 3. The molecule has 1 unspecified atom stereocenters. The predicted molar refractivity (Wildman–Crippen MR) is 93.4 cm³/mol. The lowest BCUT2D eigenvalue weighted by Gasteiger charge is -2.37. The molecule has 8 heteroatoms. The van der Waals surface area contributed by atoms with Gasteiger partial charge in [-0.3, -0.25) is 9.69 Å². The van der Waals surface area contributed by atoms with E-state index in [1.54, 1.807) is 12.1 Å². The molecular weight excluding hydrogens is 361 g/mol. The monoisotopic (exact) mass is 386 g/mol. The highest BCUT2D eigenvalue weighted by Gasteiger charge is 2.40. The van der Waals surface area contributed by atoms with E-state index in [9.17, 15) is 18.0 Å². The molecule has 0 aromatic heterocycles. The predicted octanol–water partition coefficient (Wildman–Crippen LogP) is 2.84. The second-order valence-electron chi connectivity index (χ2n) is 7.40. The molecule has 0 N–H and O–H groups in total. The smallest absolute Gasteiger partial charge is 0.406 e. The van der Waals surface area contributed by atoms with Gasteiger partial charge in [-0.2, -0.15) is 0 Å². The van der Waals surface area contributed by atoms with Crippen LogP contribution in [0.4, 0.5) is 13.2 Å². The van der Waals surface area contributed by atoms with Crippen LogP contribution in [0.15, 0.2) is 24.3 Å². The molecule has 5 nitrogen and oxygen atoms in total. The summed E-state index contributed by atoms with van der Waals surface area (Å²) in [6, 6.07) is 5.91. The quantitative estimate of drug-likeness (QED) is 0.781. The fourth-order valence-corrected chi connectivity index (χ4v) is 3.92. The van der Waals surface area contributed by atoms with Gasteiger partial charge in [0.25, 0.3) is 0 Å². The number of hydrogen-bond donors (Lipinski definition) is 0. The Morgan fingerprint density at radius 2 is 1.85 bits per heavy atom. The molecule has 1 amide bonds. The van der Waals surface area contributed by atoms with Crippen molar-refractivity contribution in [1.82, 2.24) is 9.80 Å². The second kappa shape index (κ2) is 8.06. The molecule has 2 saturated heterocycles. The first kappa shape index (κ1) is 19.9. The van der Waals surface area contributed by atoms with Crippen LogP contribution in [0.5, 0.6) is 5.75 Å². The first-order valence-electron chi connectivity index (χ1n) is 9.20. The Morgan fingerprint density at radius 3 is 2.48 bits per heavy atom. The molecule has 1 atom stereocenters. The van der Waals surface area contributed by atoms with Gasteiger partial charge in [-0.15, -0.1) is 13.2 Å². The van der Waals surface area contributed by atoms with Gasteiger partial charge in [0.1, 0.15) is 5.75 Å². The molecule has 1 aromatic carbocycles. The number of halogens is 3. The number of ether oxygens (including phenoxy) is 2.